The van der Waals surface area contributed by atoms with Crippen molar-refractivity contribution in [1.82, 2.24) is 20.4 Å². The van der Waals surface area contributed by atoms with Crippen LogP contribution in [0.4, 0.5) is 0 Å². The molecule has 3 rings (SSSR count). The Hall–Kier alpha value is -1.66. The minimum absolute atomic E-state index is 0.449. The fraction of sp³-hybridized carbons (Fsp3) is 0.600. The summed E-state index contributed by atoms with van der Waals surface area (Å²) in [5.74, 6) is 2.50. The molecule has 2 aromatic rings. The van der Waals surface area contributed by atoms with Gasteiger partial charge in [0.05, 0.1) is 12.8 Å². The average molecular weight is 290 g/mol. The second-order valence-corrected chi connectivity index (χ2v) is 5.53. The molecule has 0 radical (unpaired) electrons. The molecule has 0 amide bonds. The van der Waals surface area contributed by atoms with E-state index in [0.29, 0.717) is 17.5 Å². The van der Waals surface area contributed by atoms with Gasteiger partial charge in [-0.3, -0.25) is 4.90 Å². The van der Waals surface area contributed by atoms with Crippen molar-refractivity contribution < 1.29 is 8.94 Å². The zero-order valence-electron chi connectivity index (χ0n) is 12.4. The standard InChI is InChI=1S/C15H22N4O2/c1-2-19(10-12-5-3-7-16-9-12)11-14-17-15(21-18-14)13-6-4-8-20-13/h4,6,8,12,16H,2-3,5,7,9-11H2,1H3. The Morgan fingerprint density at radius 1 is 1.48 bits per heavy atom. The number of hydrogen-bond acceptors (Lipinski definition) is 6. The lowest BCUT2D eigenvalue weighted by molar-refractivity contribution is 0.203. The van der Waals surface area contributed by atoms with E-state index in [4.69, 9.17) is 8.94 Å². The van der Waals surface area contributed by atoms with Crippen LogP contribution in [0.1, 0.15) is 25.6 Å². The first kappa shape index (κ1) is 14.3. The van der Waals surface area contributed by atoms with Gasteiger partial charge in [0, 0.05) is 6.54 Å². The largest absolute Gasteiger partial charge is 0.459 e. The number of nitrogens with zero attached hydrogens (tertiary/aromatic N) is 3. The van der Waals surface area contributed by atoms with Crippen molar-refractivity contribution in [2.24, 2.45) is 5.92 Å². The normalized spacial score (nSPS) is 19.2. The highest BCUT2D eigenvalue weighted by molar-refractivity contribution is 5.42. The van der Waals surface area contributed by atoms with E-state index in [1.54, 1.807) is 6.26 Å². The van der Waals surface area contributed by atoms with E-state index in [-0.39, 0.29) is 0 Å². The molecule has 6 nitrogen and oxygen atoms in total. The van der Waals surface area contributed by atoms with Gasteiger partial charge in [0.25, 0.3) is 5.89 Å². The predicted octanol–water partition coefficient (Wildman–Crippen LogP) is 2.15. The fourth-order valence-corrected chi connectivity index (χ4v) is 2.77. The van der Waals surface area contributed by atoms with E-state index in [1.807, 2.05) is 12.1 Å². The summed E-state index contributed by atoms with van der Waals surface area (Å²) in [6.45, 7) is 7.22. The number of rotatable bonds is 6. The van der Waals surface area contributed by atoms with Gasteiger partial charge in [-0.15, -0.1) is 0 Å². The van der Waals surface area contributed by atoms with Crippen LogP contribution in [0, 0.1) is 5.92 Å². The van der Waals surface area contributed by atoms with E-state index in [1.165, 1.54) is 12.8 Å². The van der Waals surface area contributed by atoms with Crippen LogP contribution in [0.5, 0.6) is 0 Å². The van der Waals surface area contributed by atoms with Crippen LogP contribution >= 0.6 is 0 Å². The molecular weight excluding hydrogens is 268 g/mol. The van der Waals surface area contributed by atoms with Gasteiger partial charge in [-0.1, -0.05) is 12.1 Å². The molecule has 0 spiro atoms. The summed E-state index contributed by atoms with van der Waals surface area (Å²) < 4.78 is 10.5. The SMILES string of the molecule is CCN(Cc1noc(-c2ccco2)n1)CC1CCCNC1. The third-order valence-corrected chi connectivity index (χ3v) is 3.93. The summed E-state index contributed by atoms with van der Waals surface area (Å²) in [5.41, 5.74) is 0. The summed E-state index contributed by atoms with van der Waals surface area (Å²) in [4.78, 5) is 6.77. The maximum atomic E-state index is 5.27. The lowest BCUT2D eigenvalue weighted by atomic mass is 9.99. The van der Waals surface area contributed by atoms with Crippen LogP contribution < -0.4 is 5.32 Å². The Kier molecular flexibility index (Phi) is 4.67. The lowest BCUT2D eigenvalue weighted by Crippen LogP contribution is -2.38. The quantitative estimate of drug-likeness (QED) is 0.879. The third-order valence-electron chi connectivity index (χ3n) is 3.93. The summed E-state index contributed by atoms with van der Waals surface area (Å²) in [5, 5.41) is 7.51. The highest BCUT2D eigenvalue weighted by Gasteiger charge is 2.18. The van der Waals surface area contributed by atoms with Crippen molar-refractivity contribution in [3.63, 3.8) is 0 Å². The number of furan rings is 1. The summed E-state index contributed by atoms with van der Waals surface area (Å²) in [6, 6.07) is 3.64. The van der Waals surface area contributed by atoms with Crippen molar-refractivity contribution in [2.75, 3.05) is 26.2 Å². The van der Waals surface area contributed by atoms with E-state index in [2.05, 4.69) is 27.3 Å². The molecule has 21 heavy (non-hydrogen) atoms. The minimum atomic E-state index is 0.449. The molecule has 2 aromatic heterocycles. The minimum Gasteiger partial charge on any atom is -0.459 e. The molecule has 1 N–H and O–H groups in total. The molecule has 0 aliphatic carbocycles. The van der Waals surface area contributed by atoms with Crippen molar-refractivity contribution in [3.8, 4) is 11.7 Å². The van der Waals surface area contributed by atoms with Gasteiger partial charge in [-0.05, 0) is 50.5 Å². The van der Waals surface area contributed by atoms with Gasteiger partial charge >= 0.3 is 0 Å². The molecule has 0 saturated carbocycles. The van der Waals surface area contributed by atoms with Crippen molar-refractivity contribution in [1.29, 1.82) is 0 Å². The van der Waals surface area contributed by atoms with Gasteiger partial charge in [0.15, 0.2) is 11.6 Å². The van der Waals surface area contributed by atoms with Crippen LogP contribution in [-0.2, 0) is 6.54 Å². The Morgan fingerprint density at radius 3 is 3.14 bits per heavy atom. The molecule has 6 heteroatoms. The second kappa shape index (κ2) is 6.87. The maximum Gasteiger partial charge on any atom is 0.293 e. The number of hydrogen-bond donors (Lipinski definition) is 1. The molecule has 1 fully saturated rings. The highest BCUT2D eigenvalue weighted by Crippen LogP contribution is 2.18. The van der Waals surface area contributed by atoms with Crippen molar-refractivity contribution in [2.45, 2.75) is 26.3 Å². The summed E-state index contributed by atoms with van der Waals surface area (Å²) >= 11 is 0. The topological polar surface area (TPSA) is 67.3 Å². The van der Waals surface area contributed by atoms with E-state index >= 15 is 0 Å². The molecule has 1 unspecified atom stereocenters. The van der Waals surface area contributed by atoms with Crippen LogP contribution in [0.15, 0.2) is 27.3 Å². The number of piperidine rings is 1. The van der Waals surface area contributed by atoms with Crippen molar-refractivity contribution >= 4 is 0 Å². The molecule has 1 atom stereocenters. The first-order valence-corrected chi connectivity index (χ1v) is 7.64. The van der Waals surface area contributed by atoms with E-state index < -0.39 is 0 Å². The maximum absolute atomic E-state index is 5.27. The fourth-order valence-electron chi connectivity index (χ4n) is 2.77. The average Bonchev–Trinajstić information content (AvgIpc) is 3.18. The molecule has 0 aromatic carbocycles. The molecule has 114 valence electrons. The van der Waals surface area contributed by atoms with Crippen LogP contribution in [0.3, 0.4) is 0 Å². The molecular formula is C15H22N4O2. The molecule has 1 aliphatic heterocycles. The third kappa shape index (κ3) is 3.71. The Morgan fingerprint density at radius 2 is 2.43 bits per heavy atom. The van der Waals surface area contributed by atoms with E-state index in [9.17, 15) is 0 Å². The van der Waals surface area contributed by atoms with Gasteiger partial charge < -0.3 is 14.3 Å². The Labute approximate surface area is 124 Å². The zero-order chi connectivity index (χ0) is 14.5. The zero-order valence-corrected chi connectivity index (χ0v) is 12.4. The van der Waals surface area contributed by atoms with E-state index in [0.717, 1.165) is 38.6 Å². The number of aromatic nitrogens is 2. The van der Waals surface area contributed by atoms with Gasteiger partial charge in [0.2, 0.25) is 0 Å². The van der Waals surface area contributed by atoms with Crippen LogP contribution in [-0.4, -0.2) is 41.2 Å². The smallest absolute Gasteiger partial charge is 0.293 e. The molecule has 1 aliphatic rings. The van der Waals surface area contributed by atoms with Crippen LogP contribution in [0.2, 0.25) is 0 Å². The summed E-state index contributed by atoms with van der Waals surface area (Å²) in [6.07, 6.45) is 4.17. The van der Waals surface area contributed by atoms with Gasteiger partial charge in [-0.25, -0.2) is 0 Å². The Bertz CT molecular complexity index is 532. The lowest BCUT2D eigenvalue weighted by Gasteiger charge is -2.28. The van der Waals surface area contributed by atoms with Crippen LogP contribution in [0.25, 0.3) is 11.7 Å². The van der Waals surface area contributed by atoms with Gasteiger partial charge in [-0.2, -0.15) is 4.98 Å². The number of nitrogens with one attached hydrogen (secondary N) is 1. The first-order chi connectivity index (χ1) is 10.3. The molecule has 1 saturated heterocycles. The van der Waals surface area contributed by atoms with Crippen molar-refractivity contribution in [3.05, 3.63) is 24.2 Å². The first-order valence-electron chi connectivity index (χ1n) is 7.64. The Balaban J connectivity index is 1.58. The molecule has 3 heterocycles. The predicted molar refractivity (Wildman–Crippen MR) is 78.5 cm³/mol. The highest BCUT2D eigenvalue weighted by atomic mass is 16.5. The molecule has 0 bridgehead atoms. The summed E-state index contributed by atoms with van der Waals surface area (Å²) in [7, 11) is 0. The second-order valence-electron chi connectivity index (χ2n) is 5.53. The van der Waals surface area contributed by atoms with Gasteiger partial charge in [0.1, 0.15) is 0 Å². The monoisotopic (exact) mass is 290 g/mol.